The molecule has 1 fully saturated rings. The number of anilines is 2. The number of nitrogens with one attached hydrogen (secondary N) is 2. The van der Waals surface area contributed by atoms with Gasteiger partial charge >= 0.3 is 12.2 Å². The molecule has 3 amide bonds. The van der Waals surface area contributed by atoms with E-state index in [1.165, 1.54) is 24.1 Å². The van der Waals surface area contributed by atoms with Gasteiger partial charge in [-0.3, -0.25) is 4.79 Å². The monoisotopic (exact) mass is 535 g/mol. The second kappa shape index (κ2) is 11.3. The molecule has 0 radical (unpaired) electrons. The van der Waals surface area contributed by atoms with Crippen LogP contribution >= 0.6 is 11.6 Å². The van der Waals surface area contributed by atoms with Crippen molar-refractivity contribution >= 4 is 34.9 Å². The molecule has 2 atom stereocenters. The highest BCUT2D eigenvalue weighted by atomic mass is 35.5. The molecule has 0 aliphatic carbocycles. The topological polar surface area (TPSA) is 79.9 Å². The smallest absolute Gasteiger partial charge is 0.425 e. The Bertz CT molecular complexity index is 1110. The molecule has 36 heavy (non-hydrogen) atoms. The van der Waals surface area contributed by atoms with E-state index in [1.807, 2.05) is 0 Å². The van der Waals surface area contributed by atoms with Crippen LogP contribution in [0, 0.1) is 11.6 Å². The maximum Gasteiger partial charge on any atom is 0.425 e. The van der Waals surface area contributed by atoms with Crippen LogP contribution in [-0.4, -0.2) is 55.4 Å². The van der Waals surface area contributed by atoms with Gasteiger partial charge in [0, 0.05) is 19.7 Å². The summed E-state index contributed by atoms with van der Waals surface area (Å²) in [7, 11) is 1.47. The minimum atomic E-state index is -4.82. The van der Waals surface area contributed by atoms with Gasteiger partial charge in [0.05, 0.1) is 34.6 Å². The normalized spacial score (nSPS) is 16.6. The molecule has 13 heteroatoms. The fourth-order valence-corrected chi connectivity index (χ4v) is 3.85. The van der Waals surface area contributed by atoms with Crippen molar-refractivity contribution in [1.82, 2.24) is 4.90 Å². The second-order valence-corrected chi connectivity index (χ2v) is 8.46. The Kier molecular flexibility index (Phi) is 8.62. The van der Waals surface area contributed by atoms with Crippen molar-refractivity contribution in [2.75, 3.05) is 30.9 Å². The predicted molar refractivity (Wildman–Crippen MR) is 123 cm³/mol. The van der Waals surface area contributed by atoms with E-state index in [9.17, 15) is 31.5 Å². The highest BCUT2D eigenvalue weighted by Crippen LogP contribution is 2.33. The number of alkyl halides is 3. The number of halogens is 6. The number of para-hydroxylation sites is 1. The van der Waals surface area contributed by atoms with Gasteiger partial charge in [0.25, 0.3) is 5.91 Å². The largest absolute Gasteiger partial charge is 0.480 e. The first-order valence-electron chi connectivity index (χ1n) is 10.8. The number of nitrogens with zero attached hydrogens (tertiary/aromatic N) is 1. The van der Waals surface area contributed by atoms with E-state index < -0.39 is 58.5 Å². The van der Waals surface area contributed by atoms with Crippen molar-refractivity contribution in [1.29, 1.82) is 0 Å². The molecule has 1 saturated heterocycles. The fourth-order valence-electron chi connectivity index (χ4n) is 3.64. The zero-order valence-electron chi connectivity index (χ0n) is 19.2. The highest BCUT2D eigenvalue weighted by molar-refractivity contribution is 6.34. The predicted octanol–water partition coefficient (Wildman–Crippen LogP) is 5.84. The Morgan fingerprint density at radius 2 is 1.92 bits per heavy atom. The summed E-state index contributed by atoms with van der Waals surface area (Å²) < 4.78 is 78.6. The van der Waals surface area contributed by atoms with Crippen LogP contribution in [0.3, 0.4) is 0 Å². The molecule has 0 saturated carbocycles. The van der Waals surface area contributed by atoms with E-state index in [0.717, 1.165) is 12.1 Å². The van der Waals surface area contributed by atoms with Gasteiger partial charge in [-0.25, -0.2) is 13.6 Å². The van der Waals surface area contributed by atoms with Crippen LogP contribution in [0.5, 0.6) is 5.75 Å². The van der Waals surface area contributed by atoms with Gasteiger partial charge in [0.1, 0.15) is 17.4 Å². The van der Waals surface area contributed by atoms with E-state index in [0.29, 0.717) is 32.4 Å². The van der Waals surface area contributed by atoms with E-state index in [4.69, 9.17) is 21.1 Å². The average molecular weight is 536 g/mol. The number of hydrogen-bond donors (Lipinski definition) is 2. The number of hydrogen-bond acceptors (Lipinski definition) is 4. The average Bonchev–Trinajstić information content (AvgIpc) is 3.26. The van der Waals surface area contributed by atoms with Gasteiger partial charge < -0.3 is 25.0 Å². The molecule has 1 unspecified atom stereocenters. The summed E-state index contributed by atoms with van der Waals surface area (Å²) >= 11 is 5.89. The minimum Gasteiger partial charge on any atom is -0.480 e. The van der Waals surface area contributed by atoms with Crippen LogP contribution in [-0.2, 0) is 4.74 Å². The summed E-state index contributed by atoms with van der Waals surface area (Å²) in [4.78, 5) is 26.9. The number of likely N-dealkylation sites (tertiary alicyclic amines) is 1. The van der Waals surface area contributed by atoms with E-state index >= 15 is 0 Å². The maximum absolute atomic E-state index is 14.9. The summed E-state index contributed by atoms with van der Waals surface area (Å²) in [6.07, 6.45) is -5.85. The second-order valence-electron chi connectivity index (χ2n) is 8.06. The SMILES string of the molecule is COCC1CCCN1C(=O)Nc1cc(O[C@@H](C)C(F)(F)F)c(C(=O)Nc2c(F)cccc2Cl)cc1F. The fraction of sp³-hybridized carbons (Fsp3) is 0.391. The Hall–Kier alpha value is -3.12. The van der Waals surface area contributed by atoms with Crippen molar-refractivity contribution in [2.45, 2.75) is 38.1 Å². The molecule has 196 valence electrons. The number of ether oxygens (including phenoxy) is 2. The van der Waals surface area contributed by atoms with Crippen LogP contribution in [0.15, 0.2) is 30.3 Å². The van der Waals surface area contributed by atoms with Gasteiger partial charge in [-0.15, -0.1) is 0 Å². The van der Waals surface area contributed by atoms with Crippen molar-refractivity contribution in [2.24, 2.45) is 0 Å². The minimum absolute atomic E-state index is 0.185. The zero-order valence-corrected chi connectivity index (χ0v) is 20.0. The summed E-state index contributed by atoms with van der Waals surface area (Å²) in [5.41, 5.74) is -1.62. The van der Waals surface area contributed by atoms with Crippen LogP contribution in [0.4, 0.5) is 38.1 Å². The Morgan fingerprint density at radius 1 is 1.19 bits per heavy atom. The summed E-state index contributed by atoms with van der Waals surface area (Å²) in [5.74, 6) is -3.90. The molecular weight excluding hydrogens is 513 g/mol. The third-order valence-electron chi connectivity index (χ3n) is 5.52. The summed E-state index contributed by atoms with van der Waals surface area (Å²) in [6, 6.07) is 3.97. The molecule has 2 N–H and O–H groups in total. The molecular formula is C23H23ClF5N3O4. The van der Waals surface area contributed by atoms with Crippen LogP contribution < -0.4 is 15.4 Å². The highest BCUT2D eigenvalue weighted by Gasteiger charge is 2.39. The summed E-state index contributed by atoms with van der Waals surface area (Å²) in [6.45, 7) is 1.32. The lowest BCUT2D eigenvalue weighted by molar-refractivity contribution is -0.189. The maximum atomic E-state index is 14.9. The molecule has 2 aromatic carbocycles. The number of carbonyl (C=O) groups excluding carboxylic acids is 2. The molecule has 2 aromatic rings. The van der Waals surface area contributed by atoms with Gasteiger partial charge in [-0.2, -0.15) is 13.2 Å². The van der Waals surface area contributed by atoms with Crippen LogP contribution in [0.25, 0.3) is 0 Å². The molecule has 1 aliphatic rings. The van der Waals surface area contributed by atoms with Crippen LogP contribution in [0.2, 0.25) is 5.02 Å². The first kappa shape index (κ1) is 27.5. The number of rotatable bonds is 7. The van der Waals surface area contributed by atoms with E-state index in [-0.39, 0.29) is 17.7 Å². The van der Waals surface area contributed by atoms with E-state index in [1.54, 1.807) is 0 Å². The number of urea groups is 1. The number of benzene rings is 2. The van der Waals surface area contributed by atoms with Gasteiger partial charge in [0.2, 0.25) is 0 Å². The summed E-state index contributed by atoms with van der Waals surface area (Å²) in [5, 5.41) is 4.24. The first-order chi connectivity index (χ1) is 16.9. The van der Waals surface area contributed by atoms with E-state index in [2.05, 4.69) is 10.6 Å². The van der Waals surface area contributed by atoms with Gasteiger partial charge in [0.15, 0.2) is 6.10 Å². The molecule has 1 aliphatic heterocycles. The number of carbonyl (C=O) groups is 2. The van der Waals surface area contributed by atoms with Crippen molar-refractivity contribution in [3.63, 3.8) is 0 Å². The standard InChI is InChI=1S/C23H23ClF5N3O4/c1-12(23(27,28)29)36-19-10-18(30-22(34)32-8-4-5-13(32)11-35-2)17(26)9-14(19)21(33)31-20-15(24)6-3-7-16(20)25/h3,6-7,9-10,12-13H,4-5,8,11H2,1-2H3,(H,30,34)(H,31,33)/t12-,13?/m0/s1. The third-order valence-corrected chi connectivity index (χ3v) is 5.83. The van der Waals surface area contributed by atoms with Crippen molar-refractivity contribution in [3.05, 3.63) is 52.6 Å². The third kappa shape index (κ3) is 6.35. The Morgan fingerprint density at radius 3 is 2.56 bits per heavy atom. The van der Waals surface area contributed by atoms with Gasteiger partial charge in [-0.1, -0.05) is 17.7 Å². The molecule has 0 aromatic heterocycles. The number of methoxy groups -OCH3 is 1. The first-order valence-corrected chi connectivity index (χ1v) is 11.2. The molecule has 1 heterocycles. The zero-order chi connectivity index (χ0) is 26.6. The van der Waals surface area contributed by atoms with Crippen molar-refractivity contribution in [3.8, 4) is 5.75 Å². The lowest BCUT2D eigenvalue weighted by Crippen LogP contribution is -2.41. The van der Waals surface area contributed by atoms with Crippen molar-refractivity contribution < 1.29 is 41.0 Å². The molecule has 7 nitrogen and oxygen atoms in total. The molecule has 0 spiro atoms. The lowest BCUT2D eigenvalue weighted by Gasteiger charge is -2.25. The quantitative estimate of drug-likeness (QED) is 0.436. The Balaban J connectivity index is 1.94. The lowest BCUT2D eigenvalue weighted by atomic mass is 10.1. The molecule has 3 rings (SSSR count). The number of amides is 3. The van der Waals surface area contributed by atoms with Crippen LogP contribution in [0.1, 0.15) is 30.1 Å². The molecule has 0 bridgehead atoms. The Labute approximate surface area is 208 Å². The van der Waals surface area contributed by atoms with Gasteiger partial charge in [-0.05, 0) is 38.0 Å².